The van der Waals surface area contributed by atoms with E-state index in [1.54, 1.807) is 13.8 Å². The summed E-state index contributed by atoms with van der Waals surface area (Å²) in [5, 5.41) is 9.84. The topological polar surface area (TPSA) is 89.3 Å². The first kappa shape index (κ1) is 18.6. The molecule has 1 unspecified atom stereocenters. The predicted octanol–water partition coefficient (Wildman–Crippen LogP) is 2.46. The second-order valence-electron chi connectivity index (χ2n) is 8.01. The summed E-state index contributed by atoms with van der Waals surface area (Å²) in [6.45, 7) is 14.5. The maximum atomic E-state index is 10.6. The standard InChI is InChI=1S/C14H27NO7Si/c1-13(2,3)23(6,7)18-8-9-10-11(21-14(4,5)20-10)12(19-9)22-15(16)17/h9-12H,8H2,1-7H3/t9-,10-,11-,12?/m1/s1. The van der Waals surface area contributed by atoms with Gasteiger partial charge >= 0.3 is 0 Å². The second kappa shape index (κ2) is 5.96. The monoisotopic (exact) mass is 349 g/mol. The summed E-state index contributed by atoms with van der Waals surface area (Å²) < 4.78 is 23.3. The van der Waals surface area contributed by atoms with Gasteiger partial charge in [-0.25, -0.2) is 0 Å². The van der Waals surface area contributed by atoms with E-state index >= 15 is 0 Å². The molecule has 0 amide bonds. The van der Waals surface area contributed by atoms with Crippen LogP contribution in [0.5, 0.6) is 0 Å². The Balaban J connectivity index is 2.06. The molecule has 0 aromatic heterocycles. The highest BCUT2D eigenvalue weighted by atomic mass is 28.4. The SMILES string of the molecule is CC1(C)O[C@@H]2[C@@H](CO[Si](C)(C)C(C)(C)C)OC(O[N+](=O)[O-])[C@@H]2O1. The first-order valence-electron chi connectivity index (χ1n) is 7.79. The molecule has 23 heavy (non-hydrogen) atoms. The van der Waals surface area contributed by atoms with Crippen molar-refractivity contribution in [3.05, 3.63) is 10.1 Å². The fourth-order valence-corrected chi connectivity index (χ4v) is 3.47. The molecule has 2 heterocycles. The van der Waals surface area contributed by atoms with Crippen LogP contribution in [0.15, 0.2) is 0 Å². The van der Waals surface area contributed by atoms with Crippen LogP contribution >= 0.6 is 0 Å². The van der Waals surface area contributed by atoms with E-state index in [2.05, 4.69) is 38.7 Å². The van der Waals surface area contributed by atoms with E-state index < -0.39 is 43.8 Å². The van der Waals surface area contributed by atoms with Crippen molar-refractivity contribution in [1.29, 1.82) is 0 Å². The van der Waals surface area contributed by atoms with Crippen molar-refractivity contribution in [3.63, 3.8) is 0 Å². The molecule has 2 aliphatic rings. The molecule has 0 bridgehead atoms. The molecular weight excluding hydrogens is 322 g/mol. The molecule has 0 aromatic carbocycles. The van der Waals surface area contributed by atoms with Gasteiger partial charge in [-0.1, -0.05) is 20.8 Å². The molecule has 0 aromatic rings. The van der Waals surface area contributed by atoms with Crippen LogP contribution in [0.2, 0.25) is 18.1 Å². The van der Waals surface area contributed by atoms with Crippen molar-refractivity contribution in [1.82, 2.24) is 0 Å². The van der Waals surface area contributed by atoms with E-state index in [9.17, 15) is 10.1 Å². The molecule has 4 atom stereocenters. The average molecular weight is 349 g/mol. The quantitative estimate of drug-likeness (QED) is 0.428. The molecule has 2 aliphatic heterocycles. The van der Waals surface area contributed by atoms with Crippen molar-refractivity contribution in [2.24, 2.45) is 0 Å². The zero-order valence-electron chi connectivity index (χ0n) is 14.8. The van der Waals surface area contributed by atoms with Crippen LogP contribution in [0.4, 0.5) is 0 Å². The maximum Gasteiger partial charge on any atom is 0.297 e. The van der Waals surface area contributed by atoms with Crippen LogP contribution in [0, 0.1) is 10.1 Å². The molecule has 0 aliphatic carbocycles. The van der Waals surface area contributed by atoms with E-state index in [1.165, 1.54) is 0 Å². The Kier molecular flexibility index (Phi) is 4.82. The molecule has 134 valence electrons. The minimum absolute atomic E-state index is 0.0635. The van der Waals surface area contributed by atoms with Crippen molar-refractivity contribution in [3.8, 4) is 0 Å². The van der Waals surface area contributed by atoms with E-state index in [0.29, 0.717) is 6.61 Å². The van der Waals surface area contributed by atoms with Crippen LogP contribution < -0.4 is 0 Å². The lowest BCUT2D eigenvalue weighted by molar-refractivity contribution is -0.781. The van der Waals surface area contributed by atoms with Gasteiger partial charge in [-0.3, -0.25) is 4.84 Å². The molecule has 0 radical (unpaired) electrons. The predicted molar refractivity (Wildman–Crippen MR) is 83.7 cm³/mol. The lowest BCUT2D eigenvalue weighted by Crippen LogP contribution is -2.44. The molecule has 9 heteroatoms. The fourth-order valence-electron chi connectivity index (χ4n) is 2.45. The van der Waals surface area contributed by atoms with Crippen LogP contribution in [0.25, 0.3) is 0 Å². The van der Waals surface area contributed by atoms with Crippen LogP contribution in [0.1, 0.15) is 34.6 Å². The van der Waals surface area contributed by atoms with E-state index in [4.69, 9.17) is 18.6 Å². The van der Waals surface area contributed by atoms with Gasteiger partial charge in [0, 0.05) is 0 Å². The number of rotatable bonds is 5. The van der Waals surface area contributed by atoms with Crippen LogP contribution in [0.3, 0.4) is 0 Å². The fraction of sp³-hybridized carbons (Fsp3) is 1.00. The van der Waals surface area contributed by atoms with Crippen LogP contribution in [-0.4, -0.2) is 50.4 Å². The summed E-state index contributed by atoms with van der Waals surface area (Å²) in [6.07, 6.45) is -2.63. The summed E-state index contributed by atoms with van der Waals surface area (Å²) >= 11 is 0. The zero-order chi connectivity index (χ0) is 17.6. The van der Waals surface area contributed by atoms with Gasteiger partial charge < -0.3 is 18.6 Å². The first-order valence-corrected chi connectivity index (χ1v) is 10.7. The van der Waals surface area contributed by atoms with Gasteiger partial charge in [0.2, 0.25) is 6.29 Å². The summed E-state index contributed by atoms with van der Waals surface area (Å²) in [6, 6.07) is 0. The summed E-state index contributed by atoms with van der Waals surface area (Å²) in [4.78, 5) is 15.2. The van der Waals surface area contributed by atoms with E-state index in [1.807, 2.05) is 0 Å². The molecule has 2 fully saturated rings. The van der Waals surface area contributed by atoms with Crippen molar-refractivity contribution in [2.75, 3.05) is 6.61 Å². The summed E-state index contributed by atoms with van der Waals surface area (Å²) in [7, 11) is -1.96. The van der Waals surface area contributed by atoms with Gasteiger partial charge in [-0.05, 0) is 32.0 Å². The molecular formula is C14H27NO7Si. The third-order valence-electron chi connectivity index (χ3n) is 4.71. The van der Waals surface area contributed by atoms with E-state index in [0.717, 1.165) is 0 Å². The minimum atomic E-state index is -1.96. The van der Waals surface area contributed by atoms with Gasteiger partial charge in [0.25, 0.3) is 5.09 Å². The molecule has 0 N–H and O–H groups in total. The molecule has 8 nitrogen and oxygen atoms in total. The Morgan fingerprint density at radius 3 is 2.30 bits per heavy atom. The Morgan fingerprint density at radius 2 is 1.78 bits per heavy atom. The molecule has 2 saturated heterocycles. The normalized spacial score (nSPS) is 33.5. The first-order chi connectivity index (χ1) is 10.3. The lowest BCUT2D eigenvalue weighted by Gasteiger charge is -2.37. The van der Waals surface area contributed by atoms with Gasteiger partial charge in [-0.2, -0.15) is 0 Å². The highest BCUT2D eigenvalue weighted by Crippen LogP contribution is 2.41. The highest BCUT2D eigenvalue weighted by molar-refractivity contribution is 6.74. The highest BCUT2D eigenvalue weighted by Gasteiger charge is 2.57. The van der Waals surface area contributed by atoms with Gasteiger partial charge in [0.05, 0.1) is 6.61 Å². The summed E-state index contributed by atoms with van der Waals surface area (Å²) in [5.74, 6) is -0.827. The number of ether oxygens (including phenoxy) is 3. The number of nitrogens with zero attached hydrogens (tertiary/aromatic N) is 1. The second-order valence-corrected chi connectivity index (χ2v) is 12.8. The third kappa shape index (κ3) is 4.02. The zero-order valence-corrected chi connectivity index (χ0v) is 15.8. The molecule has 0 saturated carbocycles. The largest absolute Gasteiger partial charge is 0.414 e. The van der Waals surface area contributed by atoms with Crippen LogP contribution in [-0.2, 0) is 23.5 Å². The number of hydrogen-bond acceptors (Lipinski definition) is 7. The van der Waals surface area contributed by atoms with Crippen molar-refractivity contribution >= 4 is 8.32 Å². The smallest absolute Gasteiger partial charge is 0.297 e. The summed E-state index contributed by atoms with van der Waals surface area (Å²) in [5.41, 5.74) is 0. The van der Waals surface area contributed by atoms with Crippen molar-refractivity contribution in [2.45, 2.75) is 83.1 Å². The average Bonchev–Trinajstić information content (AvgIpc) is 2.80. The van der Waals surface area contributed by atoms with E-state index in [-0.39, 0.29) is 5.04 Å². The number of hydrogen-bond donors (Lipinski definition) is 0. The third-order valence-corrected chi connectivity index (χ3v) is 9.21. The van der Waals surface area contributed by atoms with Crippen molar-refractivity contribution < 1.29 is 28.6 Å². The van der Waals surface area contributed by atoms with Gasteiger partial charge in [0.1, 0.15) is 18.3 Å². The molecule has 0 spiro atoms. The van der Waals surface area contributed by atoms with Gasteiger partial charge in [0.15, 0.2) is 14.1 Å². The minimum Gasteiger partial charge on any atom is -0.414 e. The number of fused-ring (bicyclic) bond motifs is 1. The Hall–Kier alpha value is -0.743. The maximum absolute atomic E-state index is 10.6. The van der Waals surface area contributed by atoms with Gasteiger partial charge in [-0.15, -0.1) is 10.1 Å². The Bertz CT molecular complexity index is 463. The Labute approximate surface area is 137 Å². The lowest BCUT2D eigenvalue weighted by atomic mass is 10.1. The molecule has 2 rings (SSSR count). The Morgan fingerprint density at radius 1 is 1.22 bits per heavy atom.